The van der Waals surface area contributed by atoms with E-state index in [1.807, 2.05) is 6.92 Å². The van der Waals surface area contributed by atoms with Crippen molar-refractivity contribution in [1.82, 2.24) is 4.90 Å². The maximum Gasteiger partial charge on any atom is 0.335 e. The molecule has 0 aliphatic carbocycles. The summed E-state index contributed by atoms with van der Waals surface area (Å²) < 4.78 is 0. The van der Waals surface area contributed by atoms with Crippen LogP contribution in [0.25, 0.3) is 0 Å². The predicted octanol–water partition coefficient (Wildman–Crippen LogP) is 3.02. The van der Waals surface area contributed by atoms with Gasteiger partial charge in [-0.1, -0.05) is 31.5 Å². The van der Waals surface area contributed by atoms with Gasteiger partial charge < -0.3 is 15.1 Å². The first kappa shape index (κ1) is 17.7. The Morgan fingerprint density at radius 2 is 2.00 bits per heavy atom. The lowest BCUT2D eigenvalue weighted by atomic mass is 9.97. The van der Waals surface area contributed by atoms with E-state index in [1.54, 1.807) is 30.3 Å². The Balaban J connectivity index is 0.000000219. The molecule has 2 rings (SSSR count). The second kappa shape index (κ2) is 9.53. The monoisotopic (exact) mass is 293 g/mol. The van der Waals surface area contributed by atoms with Crippen LogP contribution in [-0.4, -0.2) is 46.3 Å². The van der Waals surface area contributed by atoms with E-state index in [-0.39, 0.29) is 6.10 Å². The van der Waals surface area contributed by atoms with Gasteiger partial charge in [0.15, 0.2) is 0 Å². The summed E-state index contributed by atoms with van der Waals surface area (Å²) in [6.07, 6.45) is 4.77. The van der Waals surface area contributed by atoms with Gasteiger partial charge in [-0.15, -0.1) is 0 Å². The van der Waals surface area contributed by atoms with Crippen molar-refractivity contribution >= 4 is 5.97 Å². The SMILES string of the molecule is CCN1CCCCC1CC(C)O.O=C(O)c1ccccc1. The third kappa shape index (κ3) is 6.74. The van der Waals surface area contributed by atoms with Gasteiger partial charge in [-0.25, -0.2) is 4.79 Å². The molecule has 1 aromatic rings. The Morgan fingerprint density at radius 1 is 1.33 bits per heavy atom. The molecule has 0 saturated carbocycles. The summed E-state index contributed by atoms with van der Waals surface area (Å²) in [6.45, 7) is 6.47. The van der Waals surface area contributed by atoms with Crippen LogP contribution in [-0.2, 0) is 0 Å². The van der Waals surface area contributed by atoms with Crippen molar-refractivity contribution in [2.45, 2.75) is 51.7 Å². The van der Waals surface area contributed by atoms with Gasteiger partial charge in [0, 0.05) is 6.04 Å². The number of rotatable bonds is 4. The minimum atomic E-state index is -0.879. The van der Waals surface area contributed by atoms with Crippen LogP contribution in [0, 0.1) is 0 Å². The van der Waals surface area contributed by atoms with Crippen molar-refractivity contribution < 1.29 is 15.0 Å². The smallest absolute Gasteiger partial charge is 0.335 e. The molecule has 0 bridgehead atoms. The van der Waals surface area contributed by atoms with Crippen LogP contribution in [0.1, 0.15) is 49.9 Å². The molecule has 1 heterocycles. The van der Waals surface area contributed by atoms with Crippen LogP contribution in [0.3, 0.4) is 0 Å². The van der Waals surface area contributed by atoms with Crippen LogP contribution in [0.15, 0.2) is 30.3 Å². The van der Waals surface area contributed by atoms with E-state index in [1.165, 1.54) is 25.8 Å². The molecular formula is C17H27NO3. The number of carboxylic acids is 1. The van der Waals surface area contributed by atoms with E-state index < -0.39 is 5.97 Å². The minimum Gasteiger partial charge on any atom is -0.478 e. The molecule has 2 atom stereocenters. The quantitative estimate of drug-likeness (QED) is 0.896. The topological polar surface area (TPSA) is 60.8 Å². The first-order valence-electron chi connectivity index (χ1n) is 7.75. The Morgan fingerprint density at radius 3 is 2.48 bits per heavy atom. The van der Waals surface area contributed by atoms with Crippen molar-refractivity contribution in [2.24, 2.45) is 0 Å². The van der Waals surface area contributed by atoms with Crippen molar-refractivity contribution in [1.29, 1.82) is 0 Å². The van der Waals surface area contributed by atoms with Gasteiger partial charge in [-0.3, -0.25) is 0 Å². The number of hydrogen-bond acceptors (Lipinski definition) is 3. The van der Waals surface area contributed by atoms with Gasteiger partial charge >= 0.3 is 5.97 Å². The van der Waals surface area contributed by atoms with Crippen molar-refractivity contribution in [3.8, 4) is 0 Å². The van der Waals surface area contributed by atoms with Crippen LogP contribution < -0.4 is 0 Å². The molecule has 1 aliphatic heterocycles. The van der Waals surface area contributed by atoms with Gasteiger partial charge in [-0.2, -0.15) is 0 Å². The lowest BCUT2D eigenvalue weighted by molar-refractivity contribution is 0.0696. The number of hydrogen-bond donors (Lipinski definition) is 2. The van der Waals surface area contributed by atoms with Crippen molar-refractivity contribution in [3.05, 3.63) is 35.9 Å². The first-order valence-corrected chi connectivity index (χ1v) is 7.75. The number of piperidine rings is 1. The zero-order chi connectivity index (χ0) is 15.7. The number of aromatic carboxylic acids is 1. The van der Waals surface area contributed by atoms with E-state index in [9.17, 15) is 9.90 Å². The molecule has 1 aliphatic rings. The molecule has 2 unspecified atom stereocenters. The molecule has 0 amide bonds. The van der Waals surface area contributed by atoms with E-state index in [2.05, 4.69) is 11.8 Å². The normalized spacial score (nSPS) is 20.2. The highest BCUT2D eigenvalue weighted by atomic mass is 16.4. The number of nitrogens with zero attached hydrogens (tertiary/aromatic N) is 1. The molecule has 4 heteroatoms. The summed E-state index contributed by atoms with van der Waals surface area (Å²) in [5.74, 6) is -0.879. The largest absolute Gasteiger partial charge is 0.478 e. The van der Waals surface area contributed by atoms with E-state index >= 15 is 0 Å². The van der Waals surface area contributed by atoms with E-state index in [0.29, 0.717) is 11.6 Å². The highest BCUT2D eigenvalue weighted by Gasteiger charge is 2.21. The van der Waals surface area contributed by atoms with Gasteiger partial charge in [0.05, 0.1) is 11.7 Å². The lowest BCUT2D eigenvalue weighted by Crippen LogP contribution is -2.40. The van der Waals surface area contributed by atoms with Gasteiger partial charge in [0.2, 0.25) is 0 Å². The number of aliphatic hydroxyl groups is 1. The Bertz CT molecular complexity index is 406. The van der Waals surface area contributed by atoms with Gasteiger partial charge in [0.25, 0.3) is 0 Å². The standard InChI is InChI=1S/C10H21NO.C7H6O2/c1-3-11-7-5-4-6-10(11)8-9(2)12;8-7(9)6-4-2-1-3-5-6/h9-10,12H,3-8H2,1-2H3;1-5H,(H,8,9). The van der Waals surface area contributed by atoms with Crippen molar-refractivity contribution in [3.63, 3.8) is 0 Å². The first-order chi connectivity index (χ1) is 10.0. The average Bonchev–Trinajstić information content (AvgIpc) is 2.49. The fourth-order valence-electron chi connectivity index (χ4n) is 2.72. The van der Waals surface area contributed by atoms with Crippen molar-refractivity contribution in [2.75, 3.05) is 13.1 Å². The Labute approximate surface area is 127 Å². The molecule has 0 spiro atoms. The highest BCUT2D eigenvalue weighted by molar-refractivity contribution is 5.87. The molecule has 1 fully saturated rings. The number of aliphatic hydroxyl groups excluding tert-OH is 1. The second-order valence-corrected chi connectivity index (χ2v) is 5.53. The molecule has 0 aromatic heterocycles. The fourth-order valence-corrected chi connectivity index (χ4v) is 2.72. The fraction of sp³-hybridized carbons (Fsp3) is 0.588. The summed E-state index contributed by atoms with van der Waals surface area (Å²) in [7, 11) is 0. The summed E-state index contributed by atoms with van der Waals surface area (Å²) in [4.78, 5) is 12.7. The van der Waals surface area contributed by atoms with Crippen LogP contribution in [0.2, 0.25) is 0 Å². The summed E-state index contributed by atoms with van der Waals surface area (Å²) in [5, 5.41) is 17.7. The molecule has 4 nitrogen and oxygen atoms in total. The number of carboxylic acid groups (broad SMARTS) is 1. The number of likely N-dealkylation sites (tertiary alicyclic amines) is 1. The van der Waals surface area contributed by atoms with Gasteiger partial charge in [-0.05, 0) is 51.4 Å². The Hall–Kier alpha value is -1.39. The average molecular weight is 293 g/mol. The van der Waals surface area contributed by atoms with Crippen LogP contribution in [0.5, 0.6) is 0 Å². The third-order valence-corrected chi connectivity index (χ3v) is 3.79. The molecule has 0 radical (unpaired) electrons. The van der Waals surface area contributed by atoms with E-state index in [0.717, 1.165) is 13.0 Å². The maximum atomic E-state index is 10.2. The zero-order valence-electron chi connectivity index (χ0n) is 13.0. The number of carbonyl (C=O) groups is 1. The highest BCUT2D eigenvalue weighted by Crippen LogP contribution is 2.20. The lowest BCUT2D eigenvalue weighted by Gasteiger charge is -2.35. The minimum absolute atomic E-state index is 0.137. The zero-order valence-corrected chi connectivity index (χ0v) is 13.0. The van der Waals surface area contributed by atoms with Gasteiger partial charge in [0.1, 0.15) is 0 Å². The van der Waals surface area contributed by atoms with Crippen LogP contribution >= 0.6 is 0 Å². The molecule has 118 valence electrons. The molecular weight excluding hydrogens is 266 g/mol. The molecule has 2 N–H and O–H groups in total. The maximum absolute atomic E-state index is 10.2. The summed E-state index contributed by atoms with van der Waals surface area (Å²) in [6, 6.07) is 8.94. The number of benzene rings is 1. The molecule has 1 aromatic carbocycles. The summed E-state index contributed by atoms with van der Waals surface area (Å²) >= 11 is 0. The van der Waals surface area contributed by atoms with E-state index in [4.69, 9.17) is 5.11 Å². The third-order valence-electron chi connectivity index (χ3n) is 3.79. The second-order valence-electron chi connectivity index (χ2n) is 5.53. The summed E-state index contributed by atoms with van der Waals surface area (Å²) in [5.41, 5.74) is 0.331. The van der Waals surface area contributed by atoms with Crippen LogP contribution in [0.4, 0.5) is 0 Å². The molecule has 21 heavy (non-hydrogen) atoms. The molecule has 1 saturated heterocycles. The Kier molecular flexibility index (Phi) is 8.01. The predicted molar refractivity (Wildman–Crippen MR) is 84.6 cm³/mol.